The molecule has 128 valence electrons. The van der Waals surface area contributed by atoms with Crippen molar-refractivity contribution in [3.63, 3.8) is 0 Å². The van der Waals surface area contributed by atoms with E-state index in [0.717, 1.165) is 17.0 Å². The highest BCUT2D eigenvalue weighted by Gasteiger charge is 2.10. The van der Waals surface area contributed by atoms with Crippen molar-refractivity contribution in [3.8, 4) is 0 Å². The van der Waals surface area contributed by atoms with Gasteiger partial charge in [-0.3, -0.25) is 14.4 Å². The first-order valence-corrected chi connectivity index (χ1v) is 8.11. The molecule has 0 aliphatic rings. The van der Waals surface area contributed by atoms with Gasteiger partial charge in [0.25, 0.3) is 5.91 Å². The zero-order chi connectivity index (χ0) is 17.7. The summed E-state index contributed by atoms with van der Waals surface area (Å²) >= 11 is 1.06. The Balaban J connectivity index is 1.77. The van der Waals surface area contributed by atoms with Crippen LogP contribution >= 0.6 is 11.3 Å². The van der Waals surface area contributed by atoms with Gasteiger partial charge >= 0.3 is 10.8 Å². The minimum Gasteiger partial charge on any atom is -0.456 e. The van der Waals surface area contributed by atoms with E-state index in [2.05, 4.69) is 5.32 Å². The molecule has 2 rings (SSSR count). The molecule has 24 heavy (non-hydrogen) atoms. The summed E-state index contributed by atoms with van der Waals surface area (Å²) in [4.78, 5) is 34.7. The number of esters is 1. The van der Waals surface area contributed by atoms with E-state index in [1.165, 1.54) is 16.7 Å². The average molecular weight is 352 g/mol. The number of ether oxygens (including phenoxy) is 1. The molecule has 0 aliphatic carbocycles. The van der Waals surface area contributed by atoms with Crippen molar-refractivity contribution in [2.24, 2.45) is 0 Å². The van der Waals surface area contributed by atoms with Crippen molar-refractivity contribution in [2.75, 3.05) is 11.9 Å². The number of rotatable bonds is 6. The quantitative estimate of drug-likeness (QED) is 0.809. The average Bonchev–Trinajstić information content (AvgIpc) is 2.85. The van der Waals surface area contributed by atoms with Gasteiger partial charge in [-0.1, -0.05) is 17.4 Å². The van der Waals surface area contributed by atoms with Crippen LogP contribution in [-0.4, -0.2) is 23.1 Å². The van der Waals surface area contributed by atoms with Gasteiger partial charge in [-0.05, 0) is 31.5 Å². The zero-order valence-corrected chi connectivity index (χ0v) is 14.1. The summed E-state index contributed by atoms with van der Waals surface area (Å²) in [6.45, 7) is 3.13. The van der Waals surface area contributed by atoms with E-state index in [9.17, 15) is 18.8 Å². The largest absolute Gasteiger partial charge is 0.456 e. The lowest BCUT2D eigenvalue weighted by atomic mass is 10.2. The molecule has 1 N–H and O–H groups in total. The Labute approximate surface area is 141 Å². The second kappa shape index (κ2) is 7.87. The molecule has 0 bridgehead atoms. The van der Waals surface area contributed by atoms with Crippen molar-refractivity contribution in [1.29, 1.82) is 0 Å². The SMILES string of the molecule is Cc1ccc(NC(=O)COC(=O)CCn2c(C)csc2=O)cc1F. The van der Waals surface area contributed by atoms with Crippen molar-refractivity contribution >= 4 is 28.9 Å². The lowest BCUT2D eigenvalue weighted by Gasteiger charge is -2.08. The van der Waals surface area contributed by atoms with Crippen molar-refractivity contribution in [3.05, 3.63) is 50.3 Å². The van der Waals surface area contributed by atoms with Gasteiger partial charge in [0, 0.05) is 23.3 Å². The van der Waals surface area contributed by atoms with Crippen LogP contribution in [0.1, 0.15) is 17.7 Å². The van der Waals surface area contributed by atoms with E-state index in [1.807, 2.05) is 0 Å². The predicted octanol–water partition coefficient (Wildman–Crippen LogP) is 2.24. The zero-order valence-electron chi connectivity index (χ0n) is 13.3. The summed E-state index contributed by atoms with van der Waals surface area (Å²) in [5, 5.41) is 4.15. The molecule has 6 nitrogen and oxygen atoms in total. The van der Waals surface area contributed by atoms with Crippen LogP contribution in [0.25, 0.3) is 0 Å². The first-order chi connectivity index (χ1) is 11.4. The van der Waals surface area contributed by atoms with E-state index < -0.39 is 24.3 Å². The van der Waals surface area contributed by atoms with Gasteiger partial charge in [0.15, 0.2) is 6.61 Å². The van der Waals surface area contributed by atoms with Gasteiger partial charge in [0.05, 0.1) is 6.42 Å². The monoisotopic (exact) mass is 352 g/mol. The van der Waals surface area contributed by atoms with E-state index in [4.69, 9.17) is 4.74 Å². The Bertz CT molecular complexity index is 813. The number of hydrogen-bond donors (Lipinski definition) is 1. The number of carbonyl (C=O) groups excluding carboxylic acids is 2. The van der Waals surface area contributed by atoms with Crippen LogP contribution < -0.4 is 10.2 Å². The van der Waals surface area contributed by atoms with Crippen LogP contribution in [0, 0.1) is 19.7 Å². The van der Waals surface area contributed by atoms with E-state index in [0.29, 0.717) is 11.3 Å². The molecule has 0 radical (unpaired) electrons. The van der Waals surface area contributed by atoms with E-state index in [1.54, 1.807) is 25.3 Å². The normalized spacial score (nSPS) is 10.5. The maximum atomic E-state index is 13.4. The minimum absolute atomic E-state index is 0.0100. The number of amides is 1. The molecule has 1 heterocycles. The Morgan fingerprint density at radius 1 is 1.33 bits per heavy atom. The minimum atomic E-state index is -0.585. The molecule has 1 aromatic heterocycles. The number of aryl methyl sites for hydroxylation is 2. The number of benzene rings is 1. The summed E-state index contributed by atoms with van der Waals surface area (Å²) < 4.78 is 19.7. The van der Waals surface area contributed by atoms with Gasteiger partial charge in [0.2, 0.25) is 0 Å². The molecule has 0 saturated heterocycles. The summed E-state index contributed by atoms with van der Waals surface area (Å²) in [6, 6.07) is 4.29. The number of nitrogens with one attached hydrogen (secondary N) is 1. The highest BCUT2D eigenvalue weighted by molar-refractivity contribution is 7.07. The van der Waals surface area contributed by atoms with Crippen LogP contribution in [0.4, 0.5) is 10.1 Å². The topological polar surface area (TPSA) is 77.4 Å². The van der Waals surface area contributed by atoms with Gasteiger partial charge in [-0.25, -0.2) is 4.39 Å². The maximum absolute atomic E-state index is 13.4. The van der Waals surface area contributed by atoms with Crippen LogP contribution in [-0.2, 0) is 20.9 Å². The first-order valence-electron chi connectivity index (χ1n) is 7.23. The fourth-order valence-corrected chi connectivity index (χ4v) is 2.72. The highest BCUT2D eigenvalue weighted by atomic mass is 32.1. The molecule has 0 fully saturated rings. The Morgan fingerprint density at radius 2 is 2.08 bits per heavy atom. The molecule has 0 spiro atoms. The molecule has 2 aromatic rings. The predicted molar refractivity (Wildman–Crippen MR) is 88.7 cm³/mol. The molecule has 0 unspecified atom stereocenters. The Morgan fingerprint density at radius 3 is 2.71 bits per heavy atom. The molecule has 0 aliphatic heterocycles. The van der Waals surface area contributed by atoms with Crippen LogP contribution in [0.5, 0.6) is 0 Å². The summed E-state index contributed by atoms with van der Waals surface area (Å²) in [5.74, 6) is -1.57. The summed E-state index contributed by atoms with van der Waals surface area (Å²) in [5.41, 5.74) is 1.54. The van der Waals surface area contributed by atoms with Crippen LogP contribution in [0.15, 0.2) is 28.4 Å². The number of carbonyl (C=O) groups is 2. The maximum Gasteiger partial charge on any atom is 0.308 e. The smallest absolute Gasteiger partial charge is 0.308 e. The van der Waals surface area contributed by atoms with Crippen LogP contribution in [0.3, 0.4) is 0 Å². The molecule has 0 saturated carbocycles. The Kier molecular flexibility index (Phi) is 5.86. The first kappa shape index (κ1) is 17.9. The lowest BCUT2D eigenvalue weighted by molar-refractivity contribution is -0.147. The number of anilines is 1. The van der Waals surface area contributed by atoms with Crippen molar-refractivity contribution in [2.45, 2.75) is 26.8 Å². The second-order valence-electron chi connectivity index (χ2n) is 5.22. The number of aromatic nitrogens is 1. The Hall–Kier alpha value is -2.48. The van der Waals surface area contributed by atoms with Crippen molar-refractivity contribution < 1.29 is 18.7 Å². The third-order valence-corrected chi connectivity index (χ3v) is 4.22. The molecule has 1 aromatic carbocycles. The van der Waals surface area contributed by atoms with Crippen LogP contribution in [0.2, 0.25) is 0 Å². The van der Waals surface area contributed by atoms with Gasteiger partial charge in [-0.2, -0.15) is 0 Å². The number of thiazole rings is 1. The fourth-order valence-electron chi connectivity index (χ4n) is 1.96. The summed E-state index contributed by atoms with van der Waals surface area (Å²) in [7, 11) is 0. The van der Waals surface area contributed by atoms with E-state index >= 15 is 0 Å². The second-order valence-corrected chi connectivity index (χ2v) is 6.04. The third-order valence-electron chi connectivity index (χ3n) is 3.34. The molecule has 0 atom stereocenters. The fraction of sp³-hybridized carbons (Fsp3) is 0.312. The standard InChI is InChI=1S/C16H17FN2O4S/c1-10-3-4-12(7-13(10)17)18-14(20)8-23-15(21)5-6-19-11(2)9-24-16(19)22/h3-4,7,9H,5-6,8H2,1-2H3,(H,18,20). The van der Waals surface area contributed by atoms with E-state index in [-0.39, 0.29) is 17.8 Å². The number of nitrogens with zero attached hydrogens (tertiary/aromatic N) is 1. The molecule has 1 amide bonds. The number of hydrogen-bond acceptors (Lipinski definition) is 5. The highest BCUT2D eigenvalue weighted by Crippen LogP contribution is 2.13. The summed E-state index contributed by atoms with van der Waals surface area (Å²) in [6.07, 6.45) is -0.0100. The lowest BCUT2D eigenvalue weighted by Crippen LogP contribution is -2.22. The van der Waals surface area contributed by atoms with Gasteiger partial charge in [-0.15, -0.1) is 0 Å². The van der Waals surface area contributed by atoms with Gasteiger partial charge < -0.3 is 14.6 Å². The number of halogens is 1. The molecular weight excluding hydrogens is 335 g/mol. The third kappa shape index (κ3) is 4.76. The molecule has 8 heteroatoms. The van der Waals surface area contributed by atoms with Gasteiger partial charge in [0.1, 0.15) is 5.82 Å². The molecular formula is C16H17FN2O4S. The van der Waals surface area contributed by atoms with Crippen molar-refractivity contribution in [1.82, 2.24) is 4.57 Å².